The molecular formula is C43H50F3N9O3. The molecule has 3 N–H and O–H groups in total. The lowest BCUT2D eigenvalue weighted by Gasteiger charge is -2.43. The van der Waals surface area contributed by atoms with E-state index in [1.54, 1.807) is 48.7 Å². The number of piperidine rings is 2. The van der Waals surface area contributed by atoms with E-state index in [1.807, 2.05) is 15.9 Å². The van der Waals surface area contributed by atoms with Crippen LogP contribution in [0.2, 0.25) is 0 Å². The fourth-order valence-electron chi connectivity index (χ4n) is 8.79. The third-order valence-electron chi connectivity index (χ3n) is 12.1. The number of piperazine rings is 1. The van der Waals surface area contributed by atoms with E-state index in [2.05, 4.69) is 30.8 Å². The first-order valence-electron chi connectivity index (χ1n) is 20.4. The number of hydrogen-bond acceptors (Lipinski definition) is 9. The van der Waals surface area contributed by atoms with Gasteiger partial charge in [-0.1, -0.05) is 18.2 Å². The Kier molecular flexibility index (Phi) is 11.7. The topological polar surface area (TPSA) is 128 Å². The summed E-state index contributed by atoms with van der Waals surface area (Å²) in [6, 6.07) is 17.1. The molecule has 2 amide bonds. The van der Waals surface area contributed by atoms with Gasteiger partial charge in [0.15, 0.2) is 5.82 Å². The molecule has 0 radical (unpaired) electrons. The zero-order chi connectivity index (χ0) is 40.2. The predicted molar refractivity (Wildman–Crippen MR) is 217 cm³/mol. The van der Waals surface area contributed by atoms with Crippen LogP contribution >= 0.6 is 0 Å². The number of likely N-dealkylation sites (tertiary alicyclic amines) is 1. The van der Waals surface area contributed by atoms with E-state index in [9.17, 15) is 18.8 Å². The lowest BCUT2D eigenvalue weighted by molar-refractivity contribution is -0.139. The van der Waals surface area contributed by atoms with Crippen molar-refractivity contribution in [1.29, 1.82) is 0 Å². The molecule has 2 aromatic carbocycles. The number of amides is 2. The first kappa shape index (κ1) is 39.4. The van der Waals surface area contributed by atoms with E-state index in [0.29, 0.717) is 119 Å². The standard InChI is InChI=1S/C43H50F3N9O3/c44-35-25-32(49-33-12-14-38(56)47-26-33)11-13-37(35)53-22-20-52(21-23-53)28-43(46)15-18-54(19-16-43)41(58)29-7-9-31(10-8-29)50-42-48-27-36(45)40(51-42)30-4-3-5-34(24-30)55-17-2-1-6-39(55)57/h1-6,11,13,17,24-25,27,29,31,33,49H,7-10,12,14-16,18-23,26,28H2,(H,47,56)(H,48,50,51). The Morgan fingerprint density at radius 2 is 1.64 bits per heavy atom. The average molecular weight is 798 g/mol. The summed E-state index contributed by atoms with van der Waals surface area (Å²) >= 11 is 0. The van der Waals surface area contributed by atoms with E-state index < -0.39 is 11.5 Å². The number of anilines is 3. The number of aromatic nitrogens is 3. The molecule has 306 valence electrons. The zero-order valence-corrected chi connectivity index (χ0v) is 32.5. The third-order valence-corrected chi connectivity index (χ3v) is 12.1. The Balaban J connectivity index is 0.775. The van der Waals surface area contributed by atoms with Crippen LogP contribution in [0.25, 0.3) is 16.9 Å². The molecule has 3 aliphatic heterocycles. The maximum atomic E-state index is 16.2. The first-order chi connectivity index (χ1) is 28.1. The van der Waals surface area contributed by atoms with Crippen molar-refractivity contribution in [1.82, 2.24) is 29.7 Å². The van der Waals surface area contributed by atoms with Crippen LogP contribution in [0, 0.1) is 17.6 Å². The number of carbonyl (C=O) groups excluding carboxylic acids is 2. The van der Waals surface area contributed by atoms with Gasteiger partial charge in [0, 0.05) is 119 Å². The van der Waals surface area contributed by atoms with Crippen LogP contribution in [0.15, 0.2) is 77.9 Å². The number of hydrogen-bond donors (Lipinski definition) is 3. The second kappa shape index (κ2) is 17.2. The number of nitrogens with zero attached hydrogens (tertiary/aromatic N) is 6. The number of alkyl halides is 1. The Morgan fingerprint density at radius 3 is 2.36 bits per heavy atom. The fraction of sp³-hybridized carbons (Fsp3) is 0.465. The minimum atomic E-state index is -1.38. The largest absolute Gasteiger partial charge is 0.380 e. The summed E-state index contributed by atoms with van der Waals surface area (Å²) in [5, 5.41) is 9.48. The molecule has 1 unspecified atom stereocenters. The smallest absolute Gasteiger partial charge is 0.255 e. The van der Waals surface area contributed by atoms with Gasteiger partial charge in [0.1, 0.15) is 17.2 Å². The van der Waals surface area contributed by atoms with E-state index >= 15 is 8.78 Å². The minimum Gasteiger partial charge on any atom is -0.380 e. The molecule has 15 heteroatoms. The average Bonchev–Trinajstić information content (AvgIpc) is 3.23. The van der Waals surface area contributed by atoms with Gasteiger partial charge in [-0.05, 0) is 68.5 Å². The molecule has 4 fully saturated rings. The van der Waals surface area contributed by atoms with Gasteiger partial charge in [0.05, 0.1) is 11.9 Å². The summed E-state index contributed by atoms with van der Waals surface area (Å²) in [5.41, 5.74) is 0.885. The molecule has 12 nitrogen and oxygen atoms in total. The van der Waals surface area contributed by atoms with Gasteiger partial charge < -0.3 is 25.8 Å². The van der Waals surface area contributed by atoms with Gasteiger partial charge in [-0.15, -0.1) is 0 Å². The molecule has 1 atom stereocenters. The number of nitrogens with one attached hydrogen (secondary N) is 3. The summed E-state index contributed by atoms with van der Waals surface area (Å²) in [5.74, 6) is -0.586. The van der Waals surface area contributed by atoms with E-state index in [1.165, 1.54) is 16.7 Å². The maximum absolute atomic E-state index is 16.2. The van der Waals surface area contributed by atoms with Crippen LogP contribution in [-0.4, -0.2) is 106 Å². The molecule has 1 saturated carbocycles. The monoisotopic (exact) mass is 797 g/mol. The lowest BCUT2D eigenvalue weighted by Crippen LogP contribution is -2.54. The van der Waals surface area contributed by atoms with Gasteiger partial charge in [-0.2, -0.15) is 0 Å². The summed E-state index contributed by atoms with van der Waals surface area (Å²) < 4.78 is 47.8. The van der Waals surface area contributed by atoms with E-state index in [-0.39, 0.29) is 46.9 Å². The Labute approximate surface area is 335 Å². The van der Waals surface area contributed by atoms with Crippen molar-refractivity contribution in [3.05, 3.63) is 95.0 Å². The number of halogens is 3. The second-order valence-electron chi connectivity index (χ2n) is 16.1. The Bertz CT molecular complexity index is 2150. The van der Waals surface area contributed by atoms with Crippen LogP contribution < -0.4 is 26.4 Å². The molecule has 8 rings (SSSR count). The van der Waals surface area contributed by atoms with Crippen molar-refractivity contribution in [3.63, 3.8) is 0 Å². The zero-order valence-electron chi connectivity index (χ0n) is 32.5. The molecule has 0 bridgehead atoms. The van der Waals surface area contributed by atoms with Crippen molar-refractivity contribution in [2.24, 2.45) is 5.92 Å². The summed E-state index contributed by atoms with van der Waals surface area (Å²) in [6.07, 6.45) is 7.35. The van der Waals surface area contributed by atoms with Crippen molar-refractivity contribution in [2.75, 3.05) is 67.9 Å². The second-order valence-corrected chi connectivity index (χ2v) is 16.1. The van der Waals surface area contributed by atoms with Crippen LogP contribution in [0.3, 0.4) is 0 Å². The van der Waals surface area contributed by atoms with Crippen LogP contribution in [0.4, 0.5) is 30.5 Å². The Hall–Kier alpha value is -5.44. The third kappa shape index (κ3) is 9.14. The summed E-state index contributed by atoms with van der Waals surface area (Å²) in [7, 11) is 0. The van der Waals surface area contributed by atoms with Crippen LogP contribution in [-0.2, 0) is 9.59 Å². The molecule has 4 aliphatic rings. The highest BCUT2D eigenvalue weighted by Gasteiger charge is 2.40. The summed E-state index contributed by atoms with van der Waals surface area (Å²) in [4.78, 5) is 52.0. The number of pyridine rings is 1. The van der Waals surface area contributed by atoms with Gasteiger partial charge in [0.25, 0.3) is 5.56 Å². The molecular weight excluding hydrogens is 748 g/mol. The molecule has 4 aromatic rings. The van der Waals surface area contributed by atoms with Crippen molar-refractivity contribution in [2.45, 2.75) is 69.1 Å². The highest BCUT2D eigenvalue weighted by Crippen LogP contribution is 2.33. The molecule has 5 heterocycles. The number of benzene rings is 2. The normalized spacial score (nSPS) is 22.6. The van der Waals surface area contributed by atoms with Crippen molar-refractivity contribution < 1.29 is 22.8 Å². The maximum Gasteiger partial charge on any atom is 0.255 e. The quantitative estimate of drug-likeness (QED) is 0.194. The predicted octanol–water partition coefficient (Wildman–Crippen LogP) is 5.39. The molecule has 3 saturated heterocycles. The molecule has 1 aliphatic carbocycles. The molecule has 2 aromatic heterocycles. The van der Waals surface area contributed by atoms with Gasteiger partial charge in [0.2, 0.25) is 17.8 Å². The van der Waals surface area contributed by atoms with Gasteiger partial charge in [-0.25, -0.2) is 23.1 Å². The molecule has 0 spiro atoms. The Morgan fingerprint density at radius 1 is 0.845 bits per heavy atom. The van der Waals surface area contributed by atoms with Gasteiger partial charge >= 0.3 is 0 Å². The minimum absolute atomic E-state index is 0.0165. The SMILES string of the molecule is O=C1CCC(Nc2ccc(N3CCN(CC4(F)CCN(C(=O)C5CCC(Nc6ncc(F)c(-c7cccc(-n8ccccc8=O)c7)n6)CC5)CC4)CC3)c(F)c2)CN1. The van der Waals surface area contributed by atoms with Crippen LogP contribution in [0.1, 0.15) is 51.4 Å². The fourth-order valence-corrected chi connectivity index (χ4v) is 8.79. The van der Waals surface area contributed by atoms with Gasteiger partial charge in [-0.3, -0.25) is 23.9 Å². The number of carbonyl (C=O) groups is 2. The van der Waals surface area contributed by atoms with Crippen molar-refractivity contribution in [3.8, 4) is 16.9 Å². The molecule has 58 heavy (non-hydrogen) atoms. The highest BCUT2D eigenvalue weighted by atomic mass is 19.1. The highest BCUT2D eigenvalue weighted by molar-refractivity contribution is 5.79. The summed E-state index contributed by atoms with van der Waals surface area (Å²) in [6.45, 7) is 4.04. The first-order valence-corrected chi connectivity index (χ1v) is 20.4. The van der Waals surface area contributed by atoms with Crippen molar-refractivity contribution >= 4 is 29.1 Å². The van der Waals surface area contributed by atoms with E-state index in [0.717, 1.165) is 19.0 Å². The lowest BCUT2D eigenvalue weighted by atomic mass is 9.84. The van der Waals surface area contributed by atoms with Crippen LogP contribution in [0.5, 0.6) is 0 Å². The van der Waals surface area contributed by atoms with E-state index in [4.69, 9.17) is 0 Å². The number of rotatable bonds is 10.